The Balaban J connectivity index is 0.000000146. The van der Waals surface area contributed by atoms with Gasteiger partial charge in [0.05, 0.1) is 0 Å². The highest BCUT2D eigenvalue weighted by molar-refractivity contribution is 5.90. The van der Waals surface area contributed by atoms with Crippen molar-refractivity contribution in [1.82, 2.24) is 0 Å². The van der Waals surface area contributed by atoms with E-state index in [-0.39, 0.29) is 0 Å². The molecule has 0 atom stereocenters. The van der Waals surface area contributed by atoms with E-state index in [9.17, 15) is 4.79 Å². The standard InChI is InChI=1S/C12H11N.C11H8O/c1-13-9-10-6-7-11-4-2-3-5-12(11)8-10;12-8-9-5-6-10-3-1-2-4-11(10)7-9/h2-9H,1H3;1-8H. The lowest BCUT2D eigenvalue weighted by molar-refractivity contribution is 0.112. The quantitative estimate of drug-likeness (QED) is 0.351. The molecular formula is C23H19NO. The number of benzene rings is 4. The third kappa shape index (κ3) is 4.18. The third-order valence-corrected chi connectivity index (χ3v) is 3.96. The van der Waals surface area contributed by atoms with Crippen molar-refractivity contribution in [2.24, 2.45) is 4.99 Å². The Hall–Kier alpha value is -3.26. The van der Waals surface area contributed by atoms with Gasteiger partial charge in [-0.2, -0.15) is 0 Å². The van der Waals surface area contributed by atoms with Crippen LogP contribution in [0.15, 0.2) is 89.9 Å². The molecule has 0 aliphatic heterocycles. The van der Waals surface area contributed by atoms with Crippen molar-refractivity contribution in [3.05, 3.63) is 96.1 Å². The van der Waals surface area contributed by atoms with Crippen LogP contribution in [-0.2, 0) is 0 Å². The lowest BCUT2D eigenvalue weighted by atomic mass is 10.1. The zero-order valence-electron chi connectivity index (χ0n) is 14.1. The van der Waals surface area contributed by atoms with Gasteiger partial charge in [-0.25, -0.2) is 0 Å². The minimum absolute atomic E-state index is 0.730. The Morgan fingerprint density at radius 1 is 0.640 bits per heavy atom. The van der Waals surface area contributed by atoms with Crippen LogP contribution in [0.5, 0.6) is 0 Å². The molecule has 0 N–H and O–H groups in total. The van der Waals surface area contributed by atoms with Gasteiger partial charge in [-0.15, -0.1) is 0 Å². The lowest BCUT2D eigenvalue weighted by Gasteiger charge is -1.97. The summed E-state index contributed by atoms with van der Waals surface area (Å²) < 4.78 is 0. The highest BCUT2D eigenvalue weighted by Gasteiger charge is 1.93. The van der Waals surface area contributed by atoms with Crippen LogP contribution in [0, 0.1) is 0 Å². The largest absolute Gasteiger partial charge is 0.298 e. The van der Waals surface area contributed by atoms with E-state index in [1.165, 1.54) is 16.2 Å². The Bertz CT molecular complexity index is 1030. The van der Waals surface area contributed by atoms with E-state index < -0.39 is 0 Å². The van der Waals surface area contributed by atoms with Crippen LogP contribution >= 0.6 is 0 Å². The van der Waals surface area contributed by atoms with Crippen LogP contribution in [0.1, 0.15) is 15.9 Å². The first kappa shape index (κ1) is 16.6. The van der Waals surface area contributed by atoms with Gasteiger partial charge in [0.15, 0.2) is 0 Å². The summed E-state index contributed by atoms with van der Waals surface area (Å²) >= 11 is 0. The topological polar surface area (TPSA) is 29.4 Å². The van der Waals surface area contributed by atoms with Gasteiger partial charge in [0, 0.05) is 18.8 Å². The molecule has 122 valence electrons. The maximum atomic E-state index is 10.5. The molecule has 4 rings (SSSR count). The fraction of sp³-hybridized carbons (Fsp3) is 0.0435. The van der Waals surface area contributed by atoms with Crippen LogP contribution in [0.4, 0.5) is 0 Å². The van der Waals surface area contributed by atoms with Crippen LogP contribution < -0.4 is 0 Å². The van der Waals surface area contributed by atoms with Gasteiger partial charge in [0.25, 0.3) is 0 Å². The van der Waals surface area contributed by atoms with E-state index in [4.69, 9.17) is 0 Å². The van der Waals surface area contributed by atoms with E-state index in [0.29, 0.717) is 0 Å². The maximum absolute atomic E-state index is 10.5. The number of rotatable bonds is 2. The Kier molecular flexibility index (Phi) is 5.32. The number of aldehydes is 1. The summed E-state index contributed by atoms with van der Waals surface area (Å²) in [6.07, 6.45) is 2.74. The van der Waals surface area contributed by atoms with Gasteiger partial charge >= 0.3 is 0 Å². The normalized spacial score (nSPS) is 10.6. The van der Waals surface area contributed by atoms with Crippen molar-refractivity contribution < 1.29 is 4.79 Å². The lowest BCUT2D eigenvalue weighted by Crippen LogP contribution is -1.80. The molecule has 25 heavy (non-hydrogen) atoms. The number of carbonyl (C=O) groups is 1. The molecule has 0 amide bonds. The Labute approximate surface area is 147 Å². The highest BCUT2D eigenvalue weighted by Crippen LogP contribution is 2.15. The first-order valence-electron chi connectivity index (χ1n) is 8.15. The molecule has 0 bridgehead atoms. The monoisotopic (exact) mass is 325 g/mol. The van der Waals surface area contributed by atoms with Crippen LogP contribution in [0.2, 0.25) is 0 Å². The summed E-state index contributed by atoms with van der Waals surface area (Å²) in [5.41, 5.74) is 1.88. The van der Waals surface area contributed by atoms with E-state index in [2.05, 4.69) is 47.5 Å². The van der Waals surface area contributed by atoms with Gasteiger partial charge in [-0.3, -0.25) is 9.79 Å². The average Bonchev–Trinajstić information content (AvgIpc) is 2.68. The zero-order valence-corrected chi connectivity index (χ0v) is 14.1. The third-order valence-electron chi connectivity index (χ3n) is 3.96. The summed E-state index contributed by atoms with van der Waals surface area (Å²) in [7, 11) is 1.79. The minimum Gasteiger partial charge on any atom is -0.298 e. The molecular weight excluding hydrogens is 306 g/mol. The van der Waals surface area contributed by atoms with Crippen LogP contribution in [0.25, 0.3) is 21.5 Å². The first-order chi connectivity index (χ1) is 12.3. The molecule has 0 saturated heterocycles. The molecule has 4 aromatic carbocycles. The Morgan fingerprint density at radius 3 is 1.64 bits per heavy atom. The number of fused-ring (bicyclic) bond motifs is 2. The molecule has 2 heteroatoms. The molecule has 0 unspecified atom stereocenters. The number of hydrogen-bond acceptors (Lipinski definition) is 2. The number of hydrogen-bond donors (Lipinski definition) is 0. The average molecular weight is 325 g/mol. The van der Waals surface area contributed by atoms with E-state index >= 15 is 0 Å². The molecule has 4 aromatic rings. The minimum atomic E-state index is 0.730. The van der Waals surface area contributed by atoms with E-state index in [1.807, 2.05) is 48.7 Å². The fourth-order valence-corrected chi connectivity index (χ4v) is 2.72. The van der Waals surface area contributed by atoms with Crippen LogP contribution in [-0.4, -0.2) is 19.5 Å². The summed E-state index contributed by atoms with van der Waals surface area (Å²) in [6, 6.07) is 28.3. The van der Waals surface area contributed by atoms with Gasteiger partial charge in [-0.1, -0.05) is 72.8 Å². The van der Waals surface area contributed by atoms with Crippen LogP contribution in [0.3, 0.4) is 0 Å². The van der Waals surface area contributed by atoms with Gasteiger partial charge in [-0.05, 0) is 39.2 Å². The summed E-state index contributed by atoms with van der Waals surface area (Å²) in [6.45, 7) is 0. The van der Waals surface area contributed by atoms with E-state index in [0.717, 1.165) is 22.8 Å². The van der Waals surface area contributed by atoms with Crippen molar-refractivity contribution in [2.45, 2.75) is 0 Å². The zero-order chi connectivity index (χ0) is 17.5. The molecule has 0 aliphatic carbocycles. The second kappa shape index (κ2) is 8.02. The number of carbonyl (C=O) groups excluding carboxylic acids is 1. The molecule has 0 fully saturated rings. The summed E-state index contributed by atoms with van der Waals surface area (Å²) in [5, 5.41) is 4.82. The molecule has 0 aromatic heterocycles. The predicted molar refractivity (Wildman–Crippen MR) is 107 cm³/mol. The molecule has 2 nitrogen and oxygen atoms in total. The molecule has 0 heterocycles. The fourth-order valence-electron chi connectivity index (χ4n) is 2.72. The number of aliphatic imine (C=N–C) groups is 1. The summed E-state index contributed by atoms with van der Waals surface area (Å²) in [4.78, 5) is 14.4. The maximum Gasteiger partial charge on any atom is 0.150 e. The van der Waals surface area contributed by atoms with Gasteiger partial charge < -0.3 is 0 Å². The van der Waals surface area contributed by atoms with Gasteiger partial charge in [0.1, 0.15) is 6.29 Å². The smallest absolute Gasteiger partial charge is 0.150 e. The summed E-state index contributed by atoms with van der Waals surface area (Å²) in [5.74, 6) is 0. The van der Waals surface area contributed by atoms with Crippen molar-refractivity contribution in [3.8, 4) is 0 Å². The molecule has 0 spiro atoms. The number of nitrogens with zero attached hydrogens (tertiary/aromatic N) is 1. The van der Waals surface area contributed by atoms with E-state index in [1.54, 1.807) is 7.05 Å². The van der Waals surface area contributed by atoms with Crippen molar-refractivity contribution in [2.75, 3.05) is 7.05 Å². The second-order valence-corrected chi connectivity index (χ2v) is 5.72. The van der Waals surface area contributed by atoms with Gasteiger partial charge in [0.2, 0.25) is 0 Å². The van der Waals surface area contributed by atoms with Crippen molar-refractivity contribution in [1.29, 1.82) is 0 Å². The second-order valence-electron chi connectivity index (χ2n) is 5.72. The van der Waals surface area contributed by atoms with Crippen molar-refractivity contribution >= 4 is 34.0 Å². The SMILES string of the molecule is CN=Cc1ccc2ccccc2c1.O=Cc1ccc2ccccc2c1. The molecule has 0 saturated carbocycles. The molecule has 0 aliphatic rings. The highest BCUT2D eigenvalue weighted by atomic mass is 16.1. The molecule has 0 radical (unpaired) electrons. The first-order valence-corrected chi connectivity index (χ1v) is 8.15. The predicted octanol–water partition coefficient (Wildman–Crippen LogP) is 5.54. The van der Waals surface area contributed by atoms with Crippen molar-refractivity contribution in [3.63, 3.8) is 0 Å². The Morgan fingerprint density at radius 2 is 1.12 bits per heavy atom.